The van der Waals surface area contributed by atoms with Crippen molar-refractivity contribution in [2.24, 2.45) is 0 Å². The Morgan fingerprint density at radius 3 is 2.80 bits per heavy atom. The molecule has 0 unspecified atom stereocenters. The van der Waals surface area contributed by atoms with Crippen molar-refractivity contribution in [3.63, 3.8) is 0 Å². The molecule has 0 radical (unpaired) electrons. The highest BCUT2D eigenvalue weighted by atomic mass is 32.1. The van der Waals surface area contributed by atoms with Gasteiger partial charge in [-0.25, -0.2) is 4.98 Å². The normalized spacial score (nSPS) is 11.3. The quantitative estimate of drug-likeness (QED) is 0.795. The van der Waals surface area contributed by atoms with Gasteiger partial charge in [-0.3, -0.25) is 0 Å². The van der Waals surface area contributed by atoms with Crippen LogP contribution in [0.3, 0.4) is 0 Å². The minimum absolute atomic E-state index is 0.486. The summed E-state index contributed by atoms with van der Waals surface area (Å²) in [5.41, 5.74) is 0.494. The smallest absolute Gasteiger partial charge is 0.113 e. The van der Waals surface area contributed by atoms with E-state index in [1.165, 1.54) is 0 Å². The molecule has 2 aromatic heterocycles. The van der Waals surface area contributed by atoms with Gasteiger partial charge < -0.3 is 0 Å². The van der Waals surface area contributed by atoms with Crippen LogP contribution in [0.4, 0.5) is 0 Å². The second-order valence-corrected chi connectivity index (χ2v) is 5.56. The Morgan fingerprint density at radius 1 is 1.40 bits per heavy atom. The fourth-order valence-electron chi connectivity index (χ4n) is 1.15. The van der Waals surface area contributed by atoms with Crippen LogP contribution in [0.5, 0.6) is 0 Å². The predicted octanol–water partition coefficient (Wildman–Crippen LogP) is 3.67. The summed E-state index contributed by atoms with van der Waals surface area (Å²) in [6.07, 6.45) is 0. The summed E-state index contributed by atoms with van der Waals surface area (Å²) in [7, 11) is 0. The van der Waals surface area contributed by atoms with E-state index in [4.69, 9.17) is 5.26 Å². The Morgan fingerprint density at radius 2 is 2.20 bits per heavy atom. The predicted molar refractivity (Wildman–Crippen MR) is 64.1 cm³/mol. The molecule has 0 atom stereocenters. The number of hydrogen-bond acceptors (Lipinski definition) is 4. The molecule has 0 fully saturated rings. The number of hydrogen-bond donors (Lipinski definition) is 0. The molecule has 2 heterocycles. The lowest BCUT2D eigenvalue weighted by Crippen LogP contribution is -2.13. The molecule has 2 aromatic rings. The fourth-order valence-corrected chi connectivity index (χ4v) is 2.80. The first-order valence-corrected chi connectivity index (χ1v) is 6.30. The Bertz CT molecular complexity index is 489. The number of thiazole rings is 1. The van der Waals surface area contributed by atoms with E-state index in [0.29, 0.717) is 0 Å². The summed E-state index contributed by atoms with van der Waals surface area (Å²) in [5.74, 6) is 0. The third-order valence-electron chi connectivity index (χ3n) is 2.09. The molecule has 0 aliphatic carbocycles. The molecule has 76 valence electrons. The minimum Gasteiger partial charge on any atom is -0.239 e. The van der Waals surface area contributed by atoms with E-state index in [2.05, 4.69) is 11.1 Å². The zero-order valence-corrected chi connectivity index (χ0v) is 10.2. The molecule has 0 saturated heterocycles. The van der Waals surface area contributed by atoms with Gasteiger partial charge in [0.05, 0.1) is 16.6 Å². The summed E-state index contributed by atoms with van der Waals surface area (Å²) >= 11 is 3.22. The van der Waals surface area contributed by atoms with Gasteiger partial charge in [-0.2, -0.15) is 5.26 Å². The van der Waals surface area contributed by atoms with Crippen molar-refractivity contribution in [1.82, 2.24) is 4.98 Å². The average molecular weight is 234 g/mol. The second kappa shape index (κ2) is 3.76. The van der Waals surface area contributed by atoms with Crippen LogP contribution >= 0.6 is 22.7 Å². The average Bonchev–Trinajstić information content (AvgIpc) is 2.88. The SMILES string of the molecule is CC(C)(C#N)c1nc(-c2cccs2)cs1. The lowest BCUT2D eigenvalue weighted by atomic mass is 9.97. The van der Waals surface area contributed by atoms with E-state index in [1.807, 2.05) is 36.7 Å². The standard InChI is InChI=1S/C11H10N2S2/c1-11(2,7-12)10-13-8(6-15-10)9-4-3-5-14-9/h3-6H,1-2H3. The molecule has 0 aliphatic rings. The van der Waals surface area contributed by atoms with Crippen molar-refractivity contribution >= 4 is 22.7 Å². The van der Waals surface area contributed by atoms with Gasteiger partial charge in [-0.05, 0) is 25.3 Å². The molecule has 15 heavy (non-hydrogen) atoms. The van der Waals surface area contributed by atoms with Crippen LogP contribution in [0.15, 0.2) is 22.9 Å². The van der Waals surface area contributed by atoms with E-state index in [9.17, 15) is 0 Å². The number of nitrogens with zero attached hydrogens (tertiary/aromatic N) is 2. The molecule has 0 aliphatic heterocycles. The molecule has 0 amide bonds. The molecule has 0 aromatic carbocycles. The van der Waals surface area contributed by atoms with Crippen LogP contribution in [0, 0.1) is 11.3 Å². The van der Waals surface area contributed by atoms with Gasteiger partial charge >= 0.3 is 0 Å². The van der Waals surface area contributed by atoms with Crippen molar-refractivity contribution < 1.29 is 0 Å². The maximum Gasteiger partial charge on any atom is 0.113 e. The molecule has 0 saturated carbocycles. The first-order valence-electron chi connectivity index (χ1n) is 4.54. The van der Waals surface area contributed by atoms with Gasteiger partial charge in [-0.15, -0.1) is 22.7 Å². The maximum atomic E-state index is 9.01. The maximum absolute atomic E-state index is 9.01. The van der Waals surface area contributed by atoms with Crippen LogP contribution < -0.4 is 0 Å². The minimum atomic E-state index is -0.486. The third-order valence-corrected chi connectivity index (χ3v) is 4.15. The van der Waals surface area contributed by atoms with E-state index >= 15 is 0 Å². The second-order valence-electron chi connectivity index (χ2n) is 3.75. The topological polar surface area (TPSA) is 36.7 Å². The highest BCUT2D eigenvalue weighted by Gasteiger charge is 2.23. The summed E-state index contributed by atoms with van der Waals surface area (Å²) in [6.45, 7) is 3.79. The van der Waals surface area contributed by atoms with Gasteiger partial charge in [0.25, 0.3) is 0 Å². The molecule has 0 bridgehead atoms. The summed E-state index contributed by atoms with van der Waals surface area (Å²) < 4.78 is 0. The van der Waals surface area contributed by atoms with Crippen molar-refractivity contribution in [1.29, 1.82) is 5.26 Å². The third kappa shape index (κ3) is 1.94. The Labute approximate surface area is 96.8 Å². The lowest BCUT2D eigenvalue weighted by Gasteiger charge is -2.09. The largest absolute Gasteiger partial charge is 0.239 e. The summed E-state index contributed by atoms with van der Waals surface area (Å²) in [5, 5.41) is 13.9. The first kappa shape index (κ1) is 10.3. The van der Waals surface area contributed by atoms with Crippen LogP contribution in [-0.2, 0) is 5.41 Å². The highest BCUT2D eigenvalue weighted by molar-refractivity contribution is 7.14. The van der Waals surface area contributed by atoms with Gasteiger partial charge in [0.1, 0.15) is 10.4 Å². The van der Waals surface area contributed by atoms with Crippen molar-refractivity contribution in [2.75, 3.05) is 0 Å². The van der Waals surface area contributed by atoms with Gasteiger partial charge in [0.15, 0.2) is 0 Å². The van der Waals surface area contributed by atoms with E-state index < -0.39 is 5.41 Å². The summed E-state index contributed by atoms with van der Waals surface area (Å²) in [6, 6.07) is 6.32. The zero-order chi connectivity index (χ0) is 10.9. The van der Waals surface area contributed by atoms with Crippen molar-refractivity contribution in [2.45, 2.75) is 19.3 Å². The van der Waals surface area contributed by atoms with Gasteiger partial charge in [-0.1, -0.05) is 6.07 Å². The molecular weight excluding hydrogens is 224 g/mol. The van der Waals surface area contributed by atoms with Gasteiger partial charge in [0, 0.05) is 5.38 Å². The number of rotatable bonds is 2. The summed E-state index contributed by atoms with van der Waals surface area (Å²) in [4.78, 5) is 5.66. The van der Waals surface area contributed by atoms with Crippen LogP contribution in [0.1, 0.15) is 18.9 Å². The monoisotopic (exact) mass is 234 g/mol. The van der Waals surface area contributed by atoms with Crippen LogP contribution in [0.25, 0.3) is 10.6 Å². The lowest BCUT2D eigenvalue weighted by molar-refractivity contribution is 0.680. The molecule has 0 N–H and O–H groups in total. The zero-order valence-electron chi connectivity index (χ0n) is 8.52. The molecular formula is C11H10N2S2. The molecule has 2 rings (SSSR count). The van der Waals surface area contributed by atoms with Crippen molar-refractivity contribution in [3.05, 3.63) is 27.9 Å². The molecule has 0 spiro atoms. The Balaban J connectivity index is 2.38. The first-order chi connectivity index (χ1) is 7.13. The number of nitriles is 1. The van der Waals surface area contributed by atoms with Crippen molar-refractivity contribution in [3.8, 4) is 16.6 Å². The highest BCUT2D eigenvalue weighted by Crippen LogP contribution is 2.31. The Kier molecular flexibility index (Phi) is 2.59. The Hall–Kier alpha value is -1.18. The molecule has 2 nitrogen and oxygen atoms in total. The van der Waals surface area contributed by atoms with E-state index in [-0.39, 0.29) is 0 Å². The fraction of sp³-hybridized carbons (Fsp3) is 0.273. The van der Waals surface area contributed by atoms with E-state index in [1.54, 1.807) is 22.7 Å². The molecule has 4 heteroatoms. The van der Waals surface area contributed by atoms with E-state index in [0.717, 1.165) is 15.6 Å². The van der Waals surface area contributed by atoms with Crippen LogP contribution in [-0.4, -0.2) is 4.98 Å². The number of aromatic nitrogens is 1. The number of thiophene rings is 1. The van der Waals surface area contributed by atoms with Gasteiger partial charge in [0.2, 0.25) is 0 Å². The van der Waals surface area contributed by atoms with Crippen LogP contribution in [0.2, 0.25) is 0 Å².